The van der Waals surface area contributed by atoms with Gasteiger partial charge in [0.05, 0.1) is 0 Å². The van der Waals surface area contributed by atoms with Crippen LogP contribution in [-0.2, 0) is 0 Å². The highest BCUT2D eigenvalue weighted by Gasteiger charge is 2.18. The van der Waals surface area contributed by atoms with Gasteiger partial charge in [0, 0.05) is 6.54 Å². The lowest BCUT2D eigenvalue weighted by Crippen LogP contribution is -2.30. The zero-order valence-corrected chi connectivity index (χ0v) is 8.84. The maximum atomic E-state index is 2.50. The third kappa shape index (κ3) is 3.57. The first-order chi connectivity index (χ1) is 5.68. The summed E-state index contributed by atoms with van der Waals surface area (Å²) in [7, 11) is 2.26. The van der Waals surface area contributed by atoms with Crippen LogP contribution in [0.25, 0.3) is 0 Å². The Morgan fingerprint density at radius 3 is 2.42 bits per heavy atom. The van der Waals surface area contributed by atoms with Crippen LogP contribution in [-0.4, -0.2) is 25.0 Å². The topological polar surface area (TPSA) is 3.24 Å². The third-order valence-electron chi connectivity index (χ3n) is 2.88. The van der Waals surface area contributed by atoms with E-state index in [2.05, 4.69) is 25.8 Å². The second-order valence-electron chi connectivity index (χ2n) is 4.74. The molecule has 0 atom stereocenters. The van der Waals surface area contributed by atoms with E-state index in [1.807, 2.05) is 0 Å². The summed E-state index contributed by atoms with van der Waals surface area (Å²) >= 11 is 0. The smallest absolute Gasteiger partial charge is 0.000661 e. The molecule has 0 aromatic heterocycles. The molecule has 1 nitrogen and oxygen atoms in total. The summed E-state index contributed by atoms with van der Waals surface area (Å²) in [5.74, 6) is 1.89. The Bertz CT molecular complexity index is 116. The Balaban J connectivity index is 1.98. The van der Waals surface area contributed by atoms with Crippen molar-refractivity contribution in [2.45, 2.75) is 39.5 Å². The van der Waals surface area contributed by atoms with Crippen molar-refractivity contribution in [1.29, 1.82) is 0 Å². The van der Waals surface area contributed by atoms with Gasteiger partial charge in [0.25, 0.3) is 0 Å². The molecule has 1 fully saturated rings. The minimum absolute atomic E-state index is 0.855. The van der Waals surface area contributed by atoms with Crippen LogP contribution in [0.2, 0.25) is 0 Å². The molecular formula is C11H23N. The van der Waals surface area contributed by atoms with E-state index < -0.39 is 0 Å². The molecular weight excluding hydrogens is 146 g/mol. The second kappa shape index (κ2) is 4.86. The molecule has 0 N–H and O–H groups in total. The van der Waals surface area contributed by atoms with E-state index in [1.54, 1.807) is 0 Å². The van der Waals surface area contributed by atoms with E-state index in [0.717, 1.165) is 11.8 Å². The van der Waals surface area contributed by atoms with Crippen molar-refractivity contribution in [3.05, 3.63) is 0 Å². The van der Waals surface area contributed by atoms with E-state index in [4.69, 9.17) is 0 Å². The van der Waals surface area contributed by atoms with Crippen molar-refractivity contribution < 1.29 is 0 Å². The van der Waals surface area contributed by atoms with Crippen LogP contribution in [0.5, 0.6) is 0 Å². The number of hydrogen-bond donors (Lipinski definition) is 0. The normalized spacial score (nSPS) is 18.8. The van der Waals surface area contributed by atoms with Crippen LogP contribution < -0.4 is 0 Å². The van der Waals surface area contributed by atoms with Gasteiger partial charge in [-0.05, 0) is 44.7 Å². The first-order valence-electron chi connectivity index (χ1n) is 5.37. The Hall–Kier alpha value is -0.0400. The third-order valence-corrected chi connectivity index (χ3v) is 2.88. The van der Waals surface area contributed by atoms with Crippen molar-refractivity contribution in [1.82, 2.24) is 4.90 Å². The fourth-order valence-corrected chi connectivity index (χ4v) is 1.69. The van der Waals surface area contributed by atoms with Gasteiger partial charge in [-0.1, -0.05) is 20.3 Å². The highest BCUT2D eigenvalue weighted by atomic mass is 15.1. The largest absolute Gasteiger partial charge is 0.306 e. The predicted molar refractivity (Wildman–Crippen MR) is 54.3 cm³/mol. The molecule has 1 heteroatoms. The Kier molecular flexibility index (Phi) is 4.07. The molecule has 0 aliphatic heterocycles. The maximum absolute atomic E-state index is 2.50. The van der Waals surface area contributed by atoms with Crippen molar-refractivity contribution in [3.63, 3.8) is 0 Å². The molecule has 0 saturated heterocycles. The van der Waals surface area contributed by atoms with E-state index in [9.17, 15) is 0 Å². The average Bonchev–Trinajstić information content (AvgIpc) is 1.93. The average molecular weight is 169 g/mol. The first-order valence-corrected chi connectivity index (χ1v) is 5.37. The zero-order valence-electron chi connectivity index (χ0n) is 8.84. The molecule has 1 aliphatic rings. The van der Waals surface area contributed by atoms with Gasteiger partial charge in [-0.2, -0.15) is 0 Å². The lowest BCUT2D eigenvalue weighted by Gasteiger charge is -2.30. The van der Waals surface area contributed by atoms with Crippen LogP contribution in [0, 0.1) is 11.8 Å². The molecule has 0 spiro atoms. The minimum atomic E-state index is 0.855. The molecule has 1 rings (SSSR count). The van der Waals surface area contributed by atoms with Crippen LogP contribution >= 0.6 is 0 Å². The molecule has 12 heavy (non-hydrogen) atoms. The van der Waals surface area contributed by atoms with Gasteiger partial charge >= 0.3 is 0 Å². The fraction of sp³-hybridized carbons (Fsp3) is 1.00. The summed E-state index contributed by atoms with van der Waals surface area (Å²) in [4.78, 5) is 2.50. The molecule has 0 heterocycles. The Morgan fingerprint density at radius 2 is 2.00 bits per heavy atom. The van der Waals surface area contributed by atoms with Gasteiger partial charge in [0.1, 0.15) is 0 Å². The number of nitrogens with zero attached hydrogens (tertiary/aromatic N) is 1. The summed E-state index contributed by atoms with van der Waals surface area (Å²) in [6, 6.07) is 0. The summed E-state index contributed by atoms with van der Waals surface area (Å²) in [5, 5.41) is 0. The molecule has 0 amide bonds. The fourth-order valence-electron chi connectivity index (χ4n) is 1.69. The molecule has 1 saturated carbocycles. The second-order valence-corrected chi connectivity index (χ2v) is 4.74. The SMILES string of the molecule is CC(C)CCN(C)CC1CCC1. The Labute approximate surface area is 77.1 Å². The Morgan fingerprint density at radius 1 is 1.33 bits per heavy atom. The maximum Gasteiger partial charge on any atom is 0.000661 e. The summed E-state index contributed by atoms with van der Waals surface area (Å²) < 4.78 is 0. The van der Waals surface area contributed by atoms with Gasteiger partial charge < -0.3 is 4.90 Å². The number of hydrogen-bond acceptors (Lipinski definition) is 1. The molecule has 0 bridgehead atoms. The molecule has 0 radical (unpaired) electrons. The van der Waals surface area contributed by atoms with Crippen molar-refractivity contribution in [3.8, 4) is 0 Å². The molecule has 0 aromatic rings. The quantitative estimate of drug-likeness (QED) is 0.611. The lowest BCUT2D eigenvalue weighted by molar-refractivity contribution is 0.199. The summed E-state index contributed by atoms with van der Waals surface area (Å²) in [5.41, 5.74) is 0. The summed E-state index contributed by atoms with van der Waals surface area (Å²) in [6.07, 6.45) is 5.78. The predicted octanol–water partition coefficient (Wildman–Crippen LogP) is 2.76. The van der Waals surface area contributed by atoms with Crippen molar-refractivity contribution in [2.24, 2.45) is 11.8 Å². The van der Waals surface area contributed by atoms with E-state index in [1.165, 1.54) is 38.8 Å². The molecule has 0 unspecified atom stereocenters. The molecule has 1 aliphatic carbocycles. The summed E-state index contributed by atoms with van der Waals surface area (Å²) in [6.45, 7) is 7.23. The van der Waals surface area contributed by atoms with Gasteiger partial charge in [-0.3, -0.25) is 0 Å². The lowest BCUT2D eigenvalue weighted by atomic mass is 9.85. The van der Waals surface area contributed by atoms with Crippen molar-refractivity contribution in [2.75, 3.05) is 20.1 Å². The minimum Gasteiger partial charge on any atom is -0.306 e. The monoisotopic (exact) mass is 169 g/mol. The zero-order chi connectivity index (χ0) is 8.97. The van der Waals surface area contributed by atoms with Gasteiger partial charge in [0.15, 0.2) is 0 Å². The van der Waals surface area contributed by atoms with Crippen LogP contribution in [0.1, 0.15) is 39.5 Å². The van der Waals surface area contributed by atoms with Crippen LogP contribution in [0.4, 0.5) is 0 Å². The van der Waals surface area contributed by atoms with Gasteiger partial charge in [0.2, 0.25) is 0 Å². The van der Waals surface area contributed by atoms with Gasteiger partial charge in [-0.15, -0.1) is 0 Å². The highest BCUT2D eigenvalue weighted by Crippen LogP contribution is 2.26. The standard InChI is InChI=1S/C11H23N/c1-10(2)7-8-12(3)9-11-5-4-6-11/h10-11H,4-9H2,1-3H3. The number of rotatable bonds is 5. The highest BCUT2D eigenvalue weighted by molar-refractivity contribution is 4.72. The van der Waals surface area contributed by atoms with E-state index in [0.29, 0.717) is 0 Å². The van der Waals surface area contributed by atoms with E-state index in [-0.39, 0.29) is 0 Å². The first kappa shape index (κ1) is 10.0. The van der Waals surface area contributed by atoms with Crippen LogP contribution in [0.3, 0.4) is 0 Å². The van der Waals surface area contributed by atoms with Gasteiger partial charge in [-0.25, -0.2) is 0 Å². The molecule has 72 valence electrons. The van der Waals surface area contributed by atoms with E-state index >= 15 is 0 Å². The van der Waals surface area contributed by atoms with Crippen molar-refractivity contribution >= 4 is 0 Å². The van der Waals surface area contributed by atoms with Crippen LogP contribution in [0.15, 0.2) is 0 Å². The molecule has 0 aromatic carbocycles.